The van der Waals surface area contributed by atoms with Crippen molar-refractivity contribution < 1.29 is 34.8 Å². The smallest absolute Gasteiger partial charge is 0.336 e. The maximum absolute atomic E-state index is 10.3. The van der Waals surface area contributed by atoms with Crippen molar-refractivity contribution in [3.63, 3.8) is 0 Å². The van der Waals surface area contributed by atoms with Crippen LogP contribution in [0.5, 0.6) is 0 Å². The number of benzene rings is 1. The Kier molecular flexibility index (Phi) is 10.4. The minimum atomic E-state index is -2.74. The molecule has 0 amide bonds. The lowest BCUT2D eigenvalue weighted by Gasteiger charge is -2.21. The molecule has 1 aromatic heterocycles. The maximum Gasteiger partial charge on any atom is 0.336 e. The third-order valence-electron chi connectivity index (χ3n) is 6.56. The average Bonchev–Trinajstić information content (AvgIpc) is 3.30. The Balaban J connectivity index is 0.000000317. The van der Waals surface area contributed by atoms with Crippen LogP contribution in [-0.4, -0.2) is 97.2 Å². The fourth-order valence-electron chi connectivity index (χ4n) is 4.60. The lowest BCUT2D eigenvalue weighted by molar-refractivity contribution is -0.170. The molecule has 1 saturated heterocycles. The molecule has 1 fully saturated rings. The van der Waals surface area contributed by atoms with Crippen LogP contribution in [0, 0.1) is 26.7 Å². The predicted molar refractivity (Wildman–Crippen MR) is 137 cm³/mol. The molecule has 204 valence electrons. The van der Waals surface area contributed by atoms with Crippen LogP contribution in [-0.2, 0) is 20.9 Å². The second-order valence-corrected chi connectivity index (χ2v) is 9.94. The highest BCUT2D eigenvalue weighted by atomic mass is 16.4. The van der Waals surface area contributed by atoms with Crippen molar-refractivity contribution in [2.24, 2.45) is 5.92 Å². The van der Waals surface area contributed by atoms with Gasteiger partial charge in [0.15, 0.2) is 5.60 Å². The second-order valence-electron chi connectivity index (χ2n) is 9.94. The summed E-state index contributed by atoms with van der Waals surface area (Å²) in [5.41, 5.74) is 3.48. The molecule has 0 spiro atoms. The second kappa shape index (κ2) is 12.8. The lowest BCUT2D eigenvalue weighted by atomic mass is 9.96. The molecule has 1 unspecified atom stereocenters. The molecule has 0 radical (unpaired) electrons. The quantitative estimate of drug-likeness (QED) is 0.366. The number of nitrogens with zero attached hydrogens (tertiary/aromatic N) is 4. The van der Waals surface area contributed by atoms with Crippen molar-refractivity contribution in [1.29, 1.82) is 0 Å². The molecule has 11 heteroatoms. The minimum absolute atomic E-state index is 0.798. The average molecular weight is 519 g/mol. The summed E-state index contributed by atoms with van der Waals surface area (Å²) in [4.78, 5) is 35.4. The molecule has 4 N–H and O–H groups in total. The highest BCUT2D eigenvalue weighted by Crippen LogP contribution is 2.23. The van der Waals surface area contributed by atoms with Crippen molar-refractivity contribution in [3.05, 3.63) is 46.8 Å². The van der Waals surface area contributed by atoms with Crippen LogP contribution in [0.3, 0.4) is 0 Å². The summed E-state index contributed by atoms with van der Waals surface area (Å²) < 4.78 is 2.11. The molecule has 1 aliphatic rings. The Morgan fingerprint density at radius 3 is 2.16 bits per heavy atom. The molecule has 1 aromatic carbocycles. The molecular formula is C26H38N4O7. The summed E-state index contributed by atoms with van der Waals surface area (Å²) in [5.74, 6) is -4.22. The summed E-state index contributed by atoms with van der Waals surface area (Å²) in [6, 6.07) is 8.46. The Morgan fingerprint density at radius 1 is 1.08 bits per heavy atom. The molecule has 37 heavy (non-hydrogen) atoms. The predicted octanol–water partition coefficient (Wildman–Crippen LogP) is 1.93. The van der Waals surface area contributed by atoms with Gasteiger partial charge in [0.1, 0.15) is 0 Å². The number of rotatable bonds is 10. The summed E-state index contributed by atoms with van der Waals surface area (Å²) in [6.45, 7) is 11.1. The van der Waals surface area contributed by atoms with Gasteiger partial charge in [0.05, 0.1) is 24.2 Å². The standard InChI is InChI=1S/C20H30N4.C6H8O7/c1-15-8-6-7-9-20(15)24-17(3)19(16(2)21-24)14-23(5)13-18-10-11-22(4)12-18;7-3(8)1-6(13,5(11)12)2-4(9)10/h6-9,18H,10-14H2,1-5H3;13H,1-2H2,(H,7,8)(H,9,10)(H,11,12). The number of hydrogen-bond acceptors (Lipinski definition) is 7. The third-order valence-corrected chi connectivity index (χ3v) is 6.56. The van der Waals surface area contributed by atoms with Crippen molar-refractivity contribution >= 4 is 17.9 Å². The molecule has 2 aromatic rings. The first-order valence-corrected chi connectivity index (χ1v) is 12.1. The maximum atomic E-state index is 10.3. The number of likely N-dealkylation sites (tertiary alicyclic amines) is 1. The Labute approximate surface area is 216 Å². The van der Waals surface area contributed by atoms with E-state index in [0.29, 0.717) is 0 Å². The largest absolute Gasteiger partial charge is 0.481 e. The molecule has 3 rings (SSSR count). The van der Waals surface area contributed by atoms with Gasteiger partial charge in [0, 0.05) is 30.9 Å². The summed E-state index contributed by atoms with van der Waals surface area (Å²) in [5, 5.41) is 38.6. The van der Waals surface area contributed by atoms with Crippen molar-refractivity contribution in [2.75, 3.05) is 33.7 Å². The van der Waals surface area contributed by atoms with Gasteiger partial charge in [-0.3, -0.25) is 9.59 Å². The van der Waals surface area contributed by atoms with E-state index in [0.717, 1.165) is 18.2 Å². The molecule has 2 heterocycles. The fraction of sp³-hybridized carbons (Fsp3) is 0.538. The van der Waals surface area contributed by atoms with Crippen molar-refractivity contribution in [1.82, 2.24) is 19.6 Å². The SMILES string of the molecule is Cc1ccccc1-n1nc(C)c(CN(C)CC2CCN(C)C2)c1C.O=C(O)CC(O)(CC(=O)O)C(=O)O. The molecule has 0 saturated carbocycles. The topological polar surface area (TPSA) is 156 Å². The number of aryl methyl sites for hydroxylation is 2. The van der Waals surface area contributed by atoms with Gasteiger partial charge in [-0.2, -0.15) is 5.10 Å². The molecule has 1 atom stereocenters. The van der Waals surface area contributed by atoms with E-state index >= 15 is 0 Å². The molecule has 0 aliphatic carbocycles. The van der Waals surface area contributed by atoms with E-state index in [1.54, 1.807) is 0 Å². The van der Waals surface area contributed by atoms with Crippen LogP contribution in [0.1, 0.15) is 41.8 Å². The normalized spacial score (nSPS) is 15.9. The summed E-state index contributed by atoms with van der Waals surface area (Å²) in [7, 11) is 4.46. The molecule has 11 nitrogen and oxygen atoms in total. The van der Waals surface area contributed by atoms with E-state index in [1.165, 1.54) is 48.6 Å². The van der Waals surface area contributed by atoms with E-state index in [-0.39, 0.29) is 0 Å². The number of carbonyl (C=O) groups is 3. The van der Waals surface area contributed by atoms with Gasteiger partial charge >= 0.3 is 17.9 Å². The lowest BCUT2D eigenvalue weighted by Crippen LogP contribution is -2.42. The highest BCUT2D eigenvalue weighted by Gasteiger charge is 2.40. The Bertz CT molecular complexity index is 1100. The van der Waals surface area contributed by atoms with Gasteiger partial charge in [0.2, 0.25) is 0 Å². The first-order chi connectivity index (χ1) is 17.2. The Hall–Kier alpha value is -3.28. The van der Waals surface area contributed by atoms with Crippen LogP contribution in [0.15, 0.2) is 24.3 Å². The van der Waals surface area contributed by atoms with E-state index in [9.17, 15) is 14.4 Å². The number of hydrogen-bond donors (Lipinski definition) is 4. The number of aromatic nitrogens is 2. The van der Waals surface area contributed by atoms with Crippen LogP contribution in [0.2, 0.25) is 0 Å². The summed E-state index contributed by atoms with van der Waals surface area (Å²) in [6.07, 6.45) is -0.968. The number of para-hydroxylation sites is 1. The van der Waals surface area contributed by atoms with Gasteiger partial charge in [-0.15, -0.1) is 0 Å². The van der Waals surface area contributed by atoms with Crippen molar-refractivity contribution in [3.8, 4) is 5.69 Å². The van der Waals surface area contributed by atoms with Crippen LogP contribution < -0.4 is 0 Å². The number of carboxylic acids is 3. The van der Waals surface area contributed by atoms with Crippen LogP contribution in [0.25, 0.3) is 5.69 Å². The number of carboxylic acid groups (broad SMARTS) is 3. The van der Waals surface area contributed by atoms with E-state index in [1.807, 2.05) is 0 Å². The van der Waals surface area contributed by atoms with Crippen molar-refractivity contribution in [2.45, 2.75) is 52.2 Å². The number of aliphatic carboxylic acids is 3. The first kappa shape index (κ1) is 29.9. The minimum Gasteiger partial charge on any atom is -0.481 e. The van der Waals surface area contributed by atoms with Gasteiger partial charge in [0.25, 0.3) is 0 Å². The zero-order valence-electron chi connectivity index (χ0n) is 22.1. The van der Waals surface area contributed by atoms with Gasteiger partial charge in [-0.25, -0.2) is 9.48 Å². The van der Waals surface area contributed by atoms with E-state index < -0.39 is 36.4 Å². The molecular weight excluding hydrogens is 480 g/mol. The number of aliphatic hydroxyl groups is 1. The monoisotopic (exact) mass is 518 g/mol. The van der Waals surface area contributed by atoms with Crippen LogP contribution in [0.4, 0.5) is 0 Å². The Morgan fingerprint density at radius 2 is 1.68 bits per heavy atom. The highest BCUT2D eigenvalue weighted by molar-refractivity contribution is 5.88. The summed E-state index contributed by atoms with van der Waals surface area (Å²) >= 11 is 0. The van der Waals surface area contributed by atoms with Crippen LogP contribution >= 0.6 is 0 Å². The molecule has 0 bridgehead atoms. The van der Waals surface area contributed by atoms with E-state index in [4.69, 9.17) is 25.5 Å². The fourth-order valence-corrected chi connectivity index (χ4v) is 4.60. The van der Waals surface area contributed by atoms with Gasteiger partial charge in [-0.05, 0) is 65.4 Å². The first-order valence-electron chi connectivity index (χ1n) is 12.1. The van der Waals surface area contributed by atoms with E-state index in [2.05, 4.69) is 73.6 Å². The van der Waals surface area contributed by atoms with Gasteiger partial charge < -0.3 is 30.2 Å². The van der Waals surface area contributed by atoms with Gasteiger partial charge in [-0.1, -0.05) is 18.2 Å². The molecule has 1 aliphatic heterocycles. The third kappa shape index (κ3) is 8.38. The zero-order valence-corrected chi connectivity index (χ0v) is 22.1. The zero-order chi connectivity index (χ0) is 27.9.